The van der Waals surface area contributed by atoms with E-state index in [1.807, 2.05) is 26.0 Å². The van der Waals surface area contributed by atoms with Gasteiger partial charge in [0.2, 0.25) is 0 Å². The van der Waals surface area contributed by atoms with Crippen molar-refractivity contribution in [3.63, 3.8) is 0 Å². The second-order valence-electron chi connectivity index (χ2n) is 4.36. The van der Waals surface area contributed by atoms with Crippen LogP contribution in [-0.4, -0.2) is 4.92 Å². The van der Waals surface area contributed by atoms with Crippen LogP contribution < -0.4 is 5.32 Å². The minimum absolute atomic E-state index is 0.130. The SMILES string of the molecule is Cc1ccc(C(C)Nc2cc(Cl)c(Cl)cc2[N+](=O)[O-])o1. The van der Waals surface area contributed by atoms with Crippen molar-refractivity contribution in [1.82, 2.24) is 0 Å². The lowest BCUT2D eigenvalue weighted by Crippen LogP contribution is -2.07. The second kappa shape index (κ2) is 5.73. The number of hydrogen-bond acceptors (Lipinski definition) is 4. The van der Waals surface area contributed by atoms with Gasteiger partial charge in [-0.3, -0.25) is 10.1 Å². The van der Waals surface area contributed by atoms with E-state index in [9.17, 15) is 10.1 Å². The average molecular weight is 315 g/mol. The molecule has 2 rings (SSSR count). The fraction of sp³-hybridized carbons (Fsp3) is 0.231. The number of halogens is 2. The smallest absolute Gasteiger partial charge is 0.293 e. The van der Waals surface area contributed by atoms with Crippen LogP contribution in [0.4, 0.5) is 11.4 Å². The van der Waals surface area contributed by atoms with Crippen LogP contribution >= 0.6 is 23.2 Å². The molecular formula is C13H12Cl2N2O3. The molecule has 0 bridgehead atoms. The Hall–Kier alpha value is -1.72. The molecule has 20 heavy (non-hydrogen) atoms. The first-order valence-corrected chi connectivity index (χ1v) is 6.60. The molecule has 0 radical (unpaired) electrons. The van der Waals surface area contributed by atoms with Crippen molar-refractivity contribution in [3.8, 4) is 0 Å². The standard InChI is InChI=1S/C13H12Cl2N2O3/c1-7-3-4-13(20-7)8(2)16-11-5-9(14)10(15)6-12(11)17(18)19/h3-6,8,16H,1-2H3. The molecule has 1 N–H and O–H groups in total. The van der Waals surface area contributed by atoms with Crippen molar-refractivity contribution < 1.29 is 9.34 Å². The lowest BCUT2D eigenvalue weighted by molar-refractivity contribution is -0.384. The van der Waals surface area contributed by atoms with Gasteiger partial charge in [-0.2, -0.15) is 0 Å². The number of benzene rings is 1. The largest absolute Gasteiger partial charge is 0.464 e. The Morgan fingerprint density at radius 1 is 1.30 bits per heavy atom. The minimum atomic E-state index is -0.509. The van der Waals surface area contributed by atoms with Gasteiger partial charge in [0.15, 0.2) is 0 Å². The molecule has 1 unspecified atom stereocenters. The summed E-state index contributed by atoms with van der Waals surface area (Å²) in [5.41, 5.74) is 0.167. The number of nitrogens with one attached hydrogen (secondary N) is 1. The Morgan fingerprint density at radius 3 is 2.50 bits per heavy atom. The lowest BCUT2D eigenvalue weighted by Gasteiger charge is -2.13. The molecule has 0 saturated heterocycles. The summed E-state index contributed by atoms with van der Waals surface area (Å²) in [6.45, 7) is 3.67. The number of rotatable bonds is 4. The number of aryl methyl sites for hydroxylation is 1. The van der Waals surface area contributed by atoms with Crippen molar-refractivity contribution in [2.24, 2.45) is 0 Å². The zero-order chi connectivity index (χ0) is 14.9. The summed E-state index contributed by atoms with van der Waals surface area (Å²) >= 11 is 11.7. The van der Waals surface area contributed by atoms with Gasteiger partial charge in [-0.05, 0) is 32.0 Å². The third kappa shape index (κ3) is 3.05. The predicted octanol–water partition coefficient (Wildman–Crippen LogP) is 4.98. The van der Waals surface area contributed by atoms with E-state index < -0.39 is 4.92 Å². The van der Waals surface area contributed by atoms with Crippen LogP contribution in [0.15, 0.2) is 28.7 Å². The van der Waals surface area contributed by atoms with E-state index in [1.165, 1.54) is 12.1 Å². The maximum atomic E-state index is 11.0. The molecule has 0 saturated carbocycles. The molecule has 5 nitrogen and oxygen atoms in total. The summed E-state index contributed by atoms with van der Waals surface area (Å²) in [6.07, 6.45) is 0. The van der Waals surface area contributed by atoms with E-state index in [2.05, 4.69) is 5.32 Å². The van der Waals surface area contributed by atoms with Gasteiger partial charge in [0.1, 0.15) is 17.2 Å². The Morgan fingerprint density at radius 2 is 1.95 bits per heavy atom. The maximum absolute atomic E-state index is 11.0. The highest BCUT2D eigenvalue weighted by Gasteiger charge is 2.20. The molecule has 106 valence electrons. The molecule has 1 aromatic carbocycles. The Kier molecular flexibility index (Phi) is 4.20. The maximum Gasteiger partial charge on any atom is 0.293 e. The number of anilines is 1. The Bertz CT molecular complexity index is 655. The summed E-state index contributed by atoms with van der Waals surface area (Å²) in [5.74, 6) is 1.46. The summed E-state index contributed by atoms with van der Waals surface area (Å²) in [7, 11) is 0. The first-order chi connectivity index (χ1) is 9.38. The summed E-state index contributed by atoms with van der Waals surface area (Å²) < 4.78 is 5.48. The third-order valence-electron chi connectivity index (χ3n) is 2.80. The van der Waals surface area contributed by atoms with E-state index in [1.54, 1.807) is 0 Å². The van der Waals surface area contributed by atoms with Crippen LogP contribution in [0.2, 0.25) is 10.0 Å². The van der Waals surface area contributed by atoms with Gasteiger partial charge in [-0.1, -0.05) is 23.2 Å². The average Bonchev–Trinajstić information content (AvgIpc) is 2.80. The molecule has 1 aromatic heterocycles. The monoisotopic (exact) mass is 314 g/mol. The number of nitrogens with zero attached hydrogens (tertiary/aromatic N) is 1. The van der Waals surface area contributed by atoms with Crippen LogP contribution in [-0.2, 0) is 0 Å². The predicted molar refractivity (Wildman–Crippen MR) is 78.6 cm³/mol. The van der Waals surface area contributed by atoms with Crippen LogP contribution in [0.1, 0.15) is 24.5 Å². The Balaban J connectivity index is 2.33. The molecular weight excluding hydrogens is 303 g/mol. The third-order valence-corrected chi connectivity index (χ3v) is 3.52. The Labute approximate surface area is 125 Å². The minimum Gasteiger partial charge on any atom is -0.464 e. The van der Waals surface area contributed by atoms with Gasteiger partial charge in [0.05, 0.1) is 21.0 Å². The van der Waals surface area contributed by atoms with Gasteiger partial charge in [0.25, 0.3) is 5.69 Å². The van der Waals surface area contributed by atoms with Crippen molar-refractivity contribution in [2.45, 2.75) is 19.9 Å². The number of furan rings is 1. The molecule has 7 heteroatoms. The lowest BCUT2D eigenvalue weighted by atomic mass is 10.2. The number of nitro groups is 1. The molecule has 1 heterocycles. The summed E-state index contributed by atoms with van der Waals surface area (Å²) in [6, 6.07) is 6.08. The van der Waals surface area contributed by atoms with Gasteiger partial charge in [0, 0.05) is 6.07 Å². The van der Waals surface area contributed by atoms with E-state index in [4.69, 9.17) is 27.6 Å². The van der Waals surface area contributed by atoms with Gasteiger partial charge < -0.3 is 9.73 Å². The van der Waals surface area contributed by atoms with E-state index in [-0.39, 0.29) is 21.8 Å². The van der Waals surface area contributed by atoms with E-state index in [0.29, 0.717) is 11.4 Å². The number of hydrogen-bond donors (Lipinski definition) is 1. The molecule has 0 amide bonds. The van der Waals surface area contributed by atoms with Crippen molar-refractivity contribution in [2.75, 3.05) is 5.32 Å². The fourth-order valence-electron chi connectivity index (χ4n) is 1.79. The van der Waals surface area contributed by atoms with Gasteiger partial charge in [-0.15, -0.1) is 0 Å². The van der Waals surface area contributed by atoms with Crippen LogP contribution in [0, 0.1) is 17.0 Å². The van der Waals surface area contributed by atoms with Crippen molar-refractivity contribution >= 4 is 34.6 Å². The fourth-order valence-corrected chi connectivity index (χ4v) is 2.12. The quantitative estimate of drug-likeness (QED) is 0.638. The van der Waals surface area contributed by atoms with E-state index in [0.717, 1.165) is 5.76 Å². The van der Waals surface area contributed by atoms with Gasteiger partial charge >= 0.3 is 0 Å². The highest BCUT2D eigenvalue weighted by molar-refractivity contribution is 6.42. The highest BCUT2D eigenvalue weighted by atomic mass is 35.5. The first kappa shape index (κ1) is 14.7. The first-order valence-electron chi connectivity index (χ1n) is 5.85. The van der Waals surface area contributed by atoms with Crippen molar-refractivity contribution in [1.29, 1.82) is 0 Å². The van der Waals surface area contributed by atoms with Crippen LogP contribution in [0.3, 0.4) is 0 Å². The molecule has 0 aliphatic carbocycles. The molecule has 1 atom stereocenters. The normalized spacial score (nSPS) is 12.2. The molecule has 0 aliphatic rings. The molecule has 0 aliphatic heterocycles. The van der Waals surface area contributed by atoms with E-state index >= 15 is 0 Å². The second-order valence-corrected chi connectivity index (χ2v) is 5.17. The highest BCUT2D eigenvalue weighted by Crippen LogP contribution is 2.35. The zero-order valence-electron chi connectivity index (χ0n) is 10.8. The van der Waals surface area contributed by atoms with Gasteiger partial charge in [-0.25, -0.2) is 0 Å². The van der Waals surface area contributed by atoms with Crippen molar-refractivity contribution in [3.05, 3.63) is 55.9 Å². The number of nitro benzene ring substituents is 1. The summed E-state index contributed by atoms with van der Waals surface area (Å²) in [4.78, 5) is 10.5. The van der Waals surface area contributed by atoms with Crippen LogP contribution in [0.5, 0.6) is 0 Å². The molecule has 0 spiro atoms. The topological polar surface area (TPSA) is 68.3 Å². The molecule has 2 aromatic rings. The molecule has 0 fully saturated rings. The summed E-state index contributed by atoms with van der Waals surface area (Å²) in [5, 5.41) is 14.5. The van der Waals surface area contributed by atoms with Crippen LogP contribution in [0.25, 0.3) is 0 Å². The zero-order valence-corrected chi connectivity index (χ0v) is 12.3.